The lowest BCUT2D eigenvalue weighted by molar-refractivity contribution is 0.200. The second kappa shape index (κ2) is 8.93. The van der Waals surface area contributed by atoms with Gasteiger partial charge in [-0.25, -0.2) is 9.97 Å². The molecule has 30 heavy (non-hydrogen) atoms. The predicted octanol–water partition coefficient (Wildman–Crippen LogP) is 3.58. The highest BCUT2D eigenvalue weighted by molar-refractivity contribution is 5.49. The van der Waals surface area contributed by atoms with Crippen LogP contribution in [-0.2, 0) is 5.41 Å². The van der Waals surface area contributed by atoms with Crippen molar-refractivity contribution in [3.8, 4) is 23.3 Å². The number of hydrogen-bond acceptors (Lipinski definition) is 6. The molecule has 0 atom stereocenters. The van der Waals surface area contributed by atoms with Crippen LogP contribution in [0.5, 0.6) is 11.5 Å². The molecule has 1 aromatic heterocycles. The summed E-state index contributed by atoms with van der Waals surface area (Å²) in [6, 6.07) is 6.48. The Balaban J connectivity index is 1.69. The highest BCUT2D eigenvalue weighted by Crippen LogP contribution is 2.42. The van der Waals surface area contributed by atoms with E-state index in [1.165, 1.54) is 12.8 Å². The highest BCUT2D eigenvalue weighted by atomic mass is 16.5. The fraction of sp³-hybridized carbons (Fsp3) is 0.500. The molecule has 1 heterocycles. The van der Waals surface area contributed by atoms with E-state index in [1.54, 1.807) is 19.5 Å². The Kier molecular flexibility index (Phi) is 6.10. The summed E-state index contributed by atoms with van der Waals surface area (Å²) in [6.07, 6.45) is 12.0. The summed E-state index contributed by atoms with van der Waals surface area (Å²) in [4.78, 5) is 8.10. The molecule has 0 radical (unpaired) electrons. The fourth-order valence-corrected chi connectivity index (χ4v) is 4.47. The van der Waals surface area contributed by atoms with Gasteiger partial charge in [-0.05, 0) is 69.1 Å². The number of rotatable bonds is 4. The highest BCUT2D eigenvalue weighted by Gasteiger charge is 2.35. The zero-order valence-corrected chi connectivity index (χ0v) is 17.6. The number of nitrogen functional groups attached to an aromatic ring is 1. The summed E-state index contributed by atoms with van der Waals surface area (Å²) < 4.78 is 11.9. The van der Waals surface area contributed by atoms with Crippen LogP contribution in [0.2, 0.25) is 0 Å². The molecule has 0 aliphatic heterocycles. The smallest absolute Gasteiger partial charge is 0.219 e. The summed E-state index contributed by atoms with van der Waals surface area (Å²) in [5.74, 6) is 8.65. The normalized spacial score (nSPS) is 24.1. The second-order valence-electron chi connectivity index (χ2n) is 8.39. The number of benzene rings is 1. The molecule has 0 unspecified atom stereocenters. The number of nitrogens with two attached hydrogens (primary N) is 2. The van der Waals surface area contributed by atoms with E-state index in [2.05, 4.69) is 33.9 Å². The van der Waals surface area contributed by atoms with Crippen molar-refractivity contribution in [2.45, 2.75) is 68.9 Å². The Morgan fingerprint density at radius 2 is 1.73 bits per heavy atom. The van der Waals surface area contributed by atoms with Gasteiger partial charge in [0, 0.05) is 18.4 Å². The van der Waals surface area contributed by atoms with Crippen molar-refractivity contribution in [3.63, 3.8) is 0 Å². The van der Waals surface area contributed by atoms with E-state index in [1.807, 2.05) is 6.07 Å². The quantitative estimate of drug-likeness (QED) is 0.754. The molecule has 2 aromatic rings. The first-order valence-electron chi connectivity index (χ1n) is 10.8. The molecule has 1 aromatic carbocycles. The van der Waals surface area contributed by atoms with Gasteiger partial charge in [0.2, 0.25) is 5.95 Å². The van der Waals surface area contributed by atoms with Crippen molar-refractivity contribution >= 4 is 5.95 Å². The van der Waals surface area contributed by atoms with Crippen molar-refractivity contribution in [2.75, 3.05) is 12.8 Å². The van der Waals surface area contributed by atoms with Crippen LogP contribution in [0.3, 0.4) is 0 Å². The van der Waals surface area contributed by atoms with E-state index in [9.17, 15) is 0 Å². The maximum atomic E-state index is 6.34. The number of anilines is 1. The van der Waals surface area contributed by atoms with Crippen molar-refractivity contribution in [2.24, 2.45) is 5.73 Å². The van der Waals surface area contributed by atoms with Gasteiger partial charge < -0.3 is 20.9 Å². The van der Waals surface area contributed by atoms with Gasteiger partial charge in [-0.3, -0.25) is 0 Å². The Bertz CT molecular complexity index is 918. The third kappa shape index (κ3) is 4.52. The molecule has 0 spiro atoms. The molecule has 6 nitrogen and oxygen atoms in total. The van der Waals surface area contributed by atoms with Crippen molar-refractivity contribution in [1.82, 2.24) is 9.97 Å². The summed E-state index contributed by atoms with van der Waals surface area (Å²) in [5, 5.41) is 0. The molecular weight excluding hydrogens is 376 g/mol. The molecule has 4 N–H and O–H groups in total. The molecule has 2 fully saturated rings. The zero-order valence-electron chi connectivity index (χ0n) is 17.6. The van der Waals surface area contributed by atoms with E-state index in [0.29, 0.717) is 0 Å². The van der Waals surface area contributed by atoms with Crippen LogP contribution in [0.25, 0.3) is 0 Å². The Morgan fingerprint density at radius 1 is 1.03 bits per heavy atom. The largest absolute Gasteiger partial charge is 0.493 e. The van der Waals surface area contributed by atoms with Crippen LogP contribution < -0.4 is 20.9 Å². The molecule has 0 saturated heterocycles. The standard InChI is InChI=1S/C24H30N4O2/c1-29-21-7-6-18(14-22(21)30-20-4-2-3-5-20)24(12-9-19(25)10-13-24)11-8-17-15-27-23(26)28-16-17/h6-7,14-16,19-20H,2-5,9-10,12-13,25H2,1H3,(H2,26,27,28)/t19-,24-. The fourth-order valence-electron chi connectivity index (χ4n) is 4.47. The minimum atomic E-state index is -0.280. The van der Waals surface area contributed by atoms with Gasteiger partial charge in [-0.2, -0.15) is 0 Å². The number of nitrogens with zero attached hydrogens (tertiary/aromatic N) is 2. The third-order valence-corrected chi connectivity index (χ3v) is 6.31. The lowest BCUT2D eigenvalue weighted by atomic mass is 9.68. The average molecular weight is 407 g/mol. The first kappa shape index (κ1) is 20.5. The van der Waals surface area contributed by atoms with Gasteiger partial charge in [0.1, 0.15) is 0 Å². The van der Waals surface area contributed by atoms with Gasteiger partial charge in [0.15, 0.2) is 11.5 Å². The maximum absolute atomic E-state index is 6.34. The van der Waals surface area contributed by atoms with Crippen LogP contribution in [0.15, 0.2) is 30.6 Å². The van der Waals surface area contributed by atoms with E-state index in [-0.39, 0.29) is 23.5 Å². The van der Waals surface area contributed by atoms with Crippen LogP contribution in [0.1, 0.15) is 62.5 Å². The van der Waals surface area contributed by atoms with Crippen LogP contribution in [0, 0.1) is 11.8 Å². The average Bonchev–Trinajstić information content (AvgIpc) is 3.28. The second-order valence-corrected chi connectivity index (χ2v) is 8.39. The summed E-state index contributed by atoms with van der Waals surface area (Å²) in [5.41, 5.74) is 13.5. The van der Waals surface area contributed by atoms with Crippen molar-refractivity contribution in [3.05, 3.63) is 41.7 Å². The minimum Gasteiger partial charge on any atom is -0.493 e. The third-order valence-electron chi connectivity index (χ3n) is 6.31. The number of methoxy groups -OCH3 is 1. The Labute approximate surface area is 178 Å². The first-order valence-corrected chi connectivity index (χ1v) is 10.8. The van der Waals surface area contributed by atoms with Crippen LogP contribution in [-0.4, -0.2) is 29.2 Å². The molecule has 4 rings (SSSR count). The monoisotopic (exact) mass is 406 g/mol. The topological polar surface area (TPSA) is 96.3 Å². The number of aromatic nitrogens is 2. The van der Waals surface area contributed by atoms with Gasteiger partial charge in [-0.15, -0.1) is 0 Å². The van der Waals surface area contributed by atoms with E-state index in [0.717, 1.165) is 61.2 Å². The van der Waals surface area contributed by atoms with Gasteiger partial charge in [0.05, 0.1) is 24.2 Å². The number of hydrogen-bond donors (Lipinski definition) is 2. The Hall–Kier alpha value is -2.78. The molecule has 158 valence electrons. The molecule has 2 saturated carbocycles. The van der Waals surface area contributed by atoms with E-state index in [4.69, 9.17) is 20.9 Å². The first-order chi connectivity index (χ1) is 14.6. The van der Waals surface area contributed by atoms with Gasteiger partial charge in [-0.1, -0.05) is 17.9 Å². The minimum absolute atomic E-state index is 0.229. The Morgan fingerprint density at radius 3 is 2.40 bits per heavy atom. The van der Waals surface area contributed by atoms with Crippen molar-refractivity contribution in [1.29, 1.82) is 0 Å². The summed E-state index contributed by atoms with van der Waals surface area (Å²) >= 11 is 0. The summed E-state index contributed by atoms with van der Waals surface area (Å²) in [6.45, 7) is 0. The van der Waals surface area contributed by atoms with E-state index >= 15 is 0 Å². The predicted molar refractivity (Wildman–Crippen MR) is 117 cm³/mol. The SMILES string of the molecule is COc1ccc([C@]2(C#Cc3cnc(N)nc3)CC[C@@H](N)CC2)cc1OC1CCCC1. The zero-order chi connectivity index (χ0) is 21.0. The lowest BCUT2D eigenvalue weighted by Gasteiger charge is -2.36. The molecule has 0 bridgehead atoms. The summed E-state index contributed by atoms with van der Waals surface area (Å²) in [7, 11) is 1.69. The van der Waals surface area contributed by atoms with Crippen LogP contribution in [0.4, 0.5) is 5.95 Å². The van der Waals surface area contributed by atoms with E-state index < -0.39 is 0 Å². The maximum Gasteiger partial charge on any atom is 0.219 e. The van der Waals surface area contributed by atoms with Gasteiger partial charge in [0.25, 0.3) is 0 Å². The van der Waals surface area contributed by atoms with Crippen LogP contribution >= 0.6 is 0 Å². The molecule has 0 amide bonds. The van der Waals surface area contributed by atoms with Gasteiger partial charge >= 0.3 is 0 Å². The molecule has 2 aliphatic carbocycles. The molecule has 6 heteroatoms. The lowest BCUT2D eigenvalue weighted by Crippen LogP contribution is -2.36. The van der Waals surface area contributed by atoms with Crippen molar-refractivity contribution < 1.29 is 9.47 Å². The molecule has 2 aliphatic rings. The number of ether oxygens (including phenoxy) is 2. The molecular formula is C24H30N4O2.